The number of hydrogen-bond donors (Lipinski definition) is 0. The molecule has 0 aromatic heterocycles. The third-order valence-corrected chi connectivity index (χ3v) is 5.06. The molecule has 1 rings (SSSR count). The molecule has 0 atom stereocenters. The minimum Gasteiger partial charge on any atom is -0.298 e. The van der Waals surface area contributed by atoms with E-state index >= 15 is 0 Å². The predicted molar refractivity (Wildman–Crippen MR) is 87.1 cm³/mol. The lowest BCUT2D eigenvalue weighted by molar-refractivity contribution is -0.130. The summed E-state index contributed by atoms with van der Waals surface area (Å²) in [5.74, 6) is 0.514. The van der Waals surface area contributed by atoms with E-state index in [1.807, 2.05) is 0 Å². The van der Waals surface area contributed by atoms with Gasteiger partial charge in [0.2, 0.25) is 0 Å². The van der Waals surface area contributed by atoms with Gasteiger partial charge >= 0.3 is 0 Å². The number of nitrogens with zero attached hydrogens (tertiary/aromatic N) is 1. The molecule has 0 N–H and O–H groups in total. The Morgan fingerprint density at radius 1 is 0.900 bits per heavy atom. The molecule has 0 saturated heterocycles. The van der Waals surface area contributed by atoms with Crippen molar-refractivity contribution in [2.24, 2.45) is 0 Å². The van der Waals surface area contributed by atoms with Gasteiger partial charge in [0, 0.05) is 6.42 Å². The molecule has 0 amide bonds. The Kier molecular flexibility index (Phi) is 8.44. The van der Waals surface area contributed by atoms with E-state index in [0.29, 0.717) is 5.78 Å². The fraction of sp³-hybridized carbons (Fsp3) is 0.944. The van der Waals surface area contributed by atoms with Crippen LogP contribution in [0.15, 0.2) is 0 Å². The molecule has 118 valence electrons. The summed E-state index contributed by atoms with van der Waals surface area (Å²) in [6, 6.07) is 0. The Labute approximate surface area is 126 Å². The van der Waals surface area contributed by atoms with Gasteiger partial charge in [0.15, 0.2) is 5.78 Å². The van der Waals surface area contributed by atoms with Crippen molar-refractivity contribution in [1.29, 1.82) is 0 Å². The first-order valence-electron chi connectivity index (χ1n) is 8.84. The normalized spacial score (nSPS) is 19.0. The van der Waals surface area contributed by atoms with Crippen LogP contribution in [0.3, 0.4) is 0 Å². The SMILES string of the molecule is CCCCCCCCC(=O)C1(N(C)C)CCCCCC1. The van der Waals surface area contributed by atoms with Crippen LogP contribution >= 0.6 is 0 Å². The Hall–Kier alpha value is -0.370. The first-order valence-corrected chi connectivity index (χ1v) is 8.84. The molecule has 1 aliphatic rings. The number of likely N-dealkylation sites (N-methyl/N-ethyl adjacent to an activating group) is 1. The summed E-state index contributed by atoms with van der Waals surface area (Å²) in [6.45, 7) is 2.25. The molecule has 0 aliphatic heterocycles. The van der Waals surface area contributed by atoms with Crippen LogP contribution in [-0.4, -0.2) is 30.3 Å². The van der Waals surface area contributed by atoms with Crippen LogP contribution in [-0.2, 0) is 4.79 Å². The van der Waals surface area contributed by atoms with Crippen LogP contribution in [0.25, 0.3) is 0 Å². The van der Waals surface area contributed by atoms with Gasteiger partial charge < -0.3 is 0 Å². The maximum absolute atomic E-state index is 12.8. The number of unbranched alkanes of at least 4 members (excludes halogenated alkanes) is 5. The lowest BCUT2D eigenvalue weighted by Crippen LogP contribution is -2.50. The highest BCUT2D eigenvalue weighted by Crippen LogP contribution is 2.33. The second-order valence-corrected chi connectivity index (χ2v) is 6.78. The summed E-state index contributed by atoms with van der Waals surface area (Å²) < 4.78 is 0. The fourth-order valence-corrected chi connectivity index (χ4v) is 3.59. The molecular weight excluding hydrogens is 246 g/mol. The first kappa shape index (κ1) is 17.7. The molecule has 1 saturated carbocycles. The van der Waals surface area contributed by atoms with E-state index in [1.54, 1.807) is 0 Å². The molecule has 0 unspecified atom stereocenters. The molecule has 0 bridgehead atoms. The van der Waals surface area contributed by atoms with Crippen molar-refractivity contribution < 1.29 is 4.79 Å². The van der Waals surface area contributed by atoms with Gasteiger partial charge in [-0.25, -0.2) is 0 Å². The van der Waals surface area contributed by atoms with Crippen LogP contribution in [0.1, 0.15) is 90.4 Å². The van der Waals surface area contributed by atoms with Crippen molar-refractivity contribution in [1.82, 2.24) is 4.90 Å². The Morgan fingerprint density at radius 3 is 2.00 bits per heavy atom. The van der Waals surface area contributed by atoms with E-state index < -0.39 is 0 Å². The molecule has 1 fully saturated rings. The monoisotopic (exact) mass is 281 g/mol. The number of carbonyl (C=O) groups excluding carboxylic acids is 1. The molecule has 0 spiro atoms. The summed E-state index contributed by atoms with van der Waals surface area (Å²) in [4.78, 5) is 15.0. The summed E-state index contributed by atoms with van der Waals surface area (Å²) >= 11 is 0. The molecule has 0 heterocycles. The van der Waals surface area contributed by atoms with Crippen molar-refractivity contribution >= 4 is 5.78 Å². The van der Waals surface area contributed by atoms with Crippen LogP contribution in [0.4, 0.5) is 0 Å². The van der Waals surface area contributed by atoms with E-state index in [2.05, 4.69) is 25.9 Å². The predicted octanol–water partition coefficient (Wildman–Crippen LogP) is 4.96. The number of Topliss-reactive ketones (excluding diaryl/α,β-unsaturated/α-hetero) is 1. The topological polar surface area (TPSA) is 20.3 Å². The minimum atomic E-state index is -0.139. The lowest BCUT2D eigenvalue weighted by Gasteiger charge is -2.38. The highest BCUT2D eigenvalue weighted by Gasteiger charge is 2.39. The summed E-state index contributed by atoms with van der Waals surface area (Å²) in [5, 5.41) is 0. The van der Waals surface area contributed by atoms with E-state index in [9.17, 15) is 4.79 Å². The van der Waals surface area contributed by atoms with Crippen molar-refractivity contribution in [3.05, 3.63) is 0 Å². The second kappa shape index (κ2) is 9.55. The maximum Gasteiger partial charge on any atom is 0.153 e. The zero-order chi connectivity index (χ0) is 14.8. The minimum absolute atomic E-state index is 0.139. The molecule has 2 nitrogen and oxygen atoms in total. The average molecular weight is 281 g/mol. The van der Waals surface area contributed by atoms with Gasteiger partial charge in [0.05, 0.1) is 5.54 Å². The van der Waals surface area contributed by atoms with Crippen molar-refractivity contribution in [3.8, 4) is 0 Å². The van der Waals surface area contributed by atoms with Crippen molar-refractivity contribution in [2.75, 3.05) is 14.1 Å². The van der Waals surface area contributed by atoms with Gasteiger partial charge in [0.25, 0.3) is 0 Å². The van der Waals surface area contributed by atoms with E-state index in [1.165, 1.54) is 57.8 Å². The Morgan fingerprint density at radius 2 is 1.45 bits per heavy atom. The van der Waals surface area contributed by atoms with Crippen LogP contribution in [0.2, 0.25) is 0 Å². The quantitative estimate of drug-likeness (QED) is 0.440. The molecule has 20 heavy (non-hydrogen) atoms. The van der Waals surface area contributed by atoms with Gasteiger partial charge in [-0.1, -0.05) is 64.7 Å². The highest BCUT2D eigenvalue weighted by atomic mass is 16.1. The zero-order valence-corrected chi connectivity index (χ0v) is 14.0. The summed E-state index contributed by atoms with van der Waals surface area (Å²) in [5.41, 5.74) is -0.139. The van der Waals surface area contributed by atoms with E-state index in [0.717, 1.165) is 25.7 Å². The number of hydrogen-bond acceptors (Lipinski definition) is 2. The van der Waals surface area contributed by atoms with Gasteiger partial charge in [-0.3, -0.25) is 9.69 Å². The van der Waals surface area contributed by atoms with Gasteiger partial charge in [0.1, 0.15) is 0 Å². The molecule has 0 aromatic rings. The van der Waals surface area contributed by atoms with Crippen LogP contribution in [0.5, 0.6) is 0 Å². The van der Waals surface area contributed by atoms with Crippen LogP contribution < -0.4 is 0 Å². The number of ketones is 1. The van der Waals surface area contributed by atoms with Gasteiger partial charge in [-0.15, -0.1) is 0 Å². The van der Waals surface area contributed by atoms with E-state index in [4.69, 9.17) is 0 Å². The van der Waals surface area contributed by atoms with Crippen molar-refractivity contribution in [2.45, 2.75) is 95.9 Å². The number of rotatable bonds is 9. The smallest absolute Gasteiger partial charge is 0.153 e. The molecule has 0 radical (unpaired) electrons. The molecule has 2 heteroatoms. The van der Waals surface area contributed by atoms with Crippen molar-refractivity contribution in [3.63, 3.8) is 0 Å². The Bertz CT molecular complexity index is 265. The molecular formula is C18H35NO. The fourth-order valence-electron chi connectivity index (χ4n) is 3.59. The first-order chi connectivity index (χ1) is 9.63. The lowest BCUT2D eigenvalue weighted by atomic mass is 9.82. The highest BCUT2D eigenvalue weighted by molar-refractivity contribution is 5.88. The zero-order valence-electron chi connectivity index (χ0n) is 14.0. The van der Waals surface area contributed by atoms with Gasteiger partial charge in [-0.2, -0.15) is 0 Å². The van der Waals surface area contributed by atoms with Crippen LogP contribution in [0, 0.1) is 0 Å². The third-order valence-electron chi connectivity index (χ3n) is 5.06. The molecule has 0 aromatic carbocycles. The number of carbonyl (C=O) groups is 1. The van der Waals surface area contributed by atoms with E-state index in [-0.39, 0.29) is 5.54 Å². The maximum atomic E-state index is 12.8. The average Bonchev–Trinajstić information content (AvgIpc) is 2.69. The van der Waals surface area contributed by atoms with Gasteiger partial charge in [-0.05, 0) is 33.4 Å². The molecule has 1 aliphatic carbocycles. The second-order valence-electron chi connectivity index (χ2n) is 6.78. The summed E-state index contributed by atoms with van der Waals surface area (Å²) in [7, 11) is 4.20. The standard InChI is InChI=1S/C18H35NO/c1-4-5-6-7-8-11-14-17(20)18(19(2)3)15-12-9-10-13-16-18/h4-16H2,1-3H3. The summed E-state index contributed by atoms with van der Waals surface area (Å²) in [6.07, 6.45) is 15.6. The Balaban J connectivity index is 2.40. The largest absolute Gasteiger partial charge is 0.298 e. The third kappa shape index (κ3) is 5.20.